The van der Waals surface area contributed by atoms with E-state index in [2.05, 4.69) is 36.8 Å². The van der Waals surface area contributed by atoms with E-state index in [-0.39, 0.29) is 5.41 Å². The third-order valence-corrected chi connectivity index (χ3v) is 2.74. The van der Waals surface area contributed by atoms with Crippen molar-refractivity contribution >= 4 is 5.82 Å². The van der Waals surface area contributed by atoms with Crippen LogP contribution >= 0.6 is 0 Å². The molecule has 0 spiro atoms. The van der Waals surface area contributed by atoms with Crippen molar-refractivity contribution in [2.45, 2.75) is 33.1 Å². The molecule has 1 aromatic heterocycles. The Balaban J connectivity index is 2.38. The molecule has 0 aliphatic rings. The SMILES string of the molecule is Cc1nc(N)cc(Oc2ccccc2C(C)(C)C)n1. The van der Waals surface area contributed by atoms with Crippen molar-refractivity contribution in [3.8, 4) is 11.6 Å². The Morgan fingerprint density at radius 3 is 2.42 bits per heavy atom. The first-order valence-corrected chi connectivity index (χ1v) is 6.25. The molecule has 0 amide bonds. The molecule has 2 N–H and O–H groups in total. The van der Waals surface area contributed by atoms with E-state index in [1.807, 2.05) is 18.2 Å². The number of nitrogen functional groups attached to an aromatic ring is 1. The van der Waals surface area contributed by atoms with E-state index in [4.69, 9.17) is 10.5 Å². The van der Waals surface area contributed by atoms with Gasteiger partial charge in [-0.3, -0.25) is 0 Å². The molecule has 0 atom stereocenters. The standard InChI is InChI=1S/C15H19N3O/c1-10-17-13(16)9-14(18-10)19-12-8-6-5-7-11(12)15(2,3)4/h5-9H,1-4H3,(H2,16,17,18). The molecule has 0 radical (unpaired) electrons. The van der Waals surface area contributed by atoms with Gasteiger partial charge in [-0.1, -0.05) is 39.0 Å². The molecule has 0 saturated heterocycles. The molecule has 0 aliphatic carbocycles. The lowest BCUT2D eigenvalue weighted by Gasteiger charge is -2.22. The van der Waals surface area contributed by atoms with E-state index in [0.29, 0.717) is 17.5 Å². The van der Waals surface area contributed by atoms with Gasteiger partial charge < -0.3 is 10.5 Å². The number of rotatable bonds is 2. The van der Waals surface area contributed by atoms with Gasteiger partial charge in [-0.15, -0.1) is 0 Å². The summed E-state index contributed by atoms with van der Waals surface area (Å²) in [7, 11) is 0. The average molecular weight is 257 g/mol. The lowest BCUT2D eigenvalue weighted by atomic mass is 9.86. The summed E-state index contributed by atoms with van der Waals surface area (Å²) < 4.78 is 5.87. The maximum atomic E-state index is 5.87. The van der Waals surface area contributed by atoms with Gasteiger partial charge in [0.15, 0.2) is 0 Å². The van der Waals surface area contributed by atoms with Crippen molar-refractivity contribution in [1.82, 2.24) is 9.97 Å². The molecule has 0 bridgehead atoms. The summed E-state index contributed by atoms with van der Waals surface area (Å²) in [5.74, 6) is 2.29. The monoisotopic (exact) mass is 257 g/mol. The van der Waals surface area contributed by atoms with Gasteiger partial charge in [0, 0.05) is 11.6 Å². The third kappa shape index (κ3) is 3.22. The van der Waals surface area contributed by atoms with E-state index in [1.165, 1.54) is 0 Å². The Hall–Kier alpha value is -2.10. The minimum absolute atomic E-state index is 0.00418. The predicted octanol–water partition coefficient (Wildman–Crippen LogP) is 3.46. The fraction of sp³-hybridized carbons (Fsp3) is 0.333. The number of aromatic nitrogens is 2. The first kappa shape index (κ1) is 13.3. The molecule has 0 unspecified atom stereocenters. The van der Waals surface area contributed by atoms with Gasteiger partial charge in [0.1, 0.15) is 17.4 Å². The van der Waals surface area contributed by atoms with Crippen molar-refractivity contribution in [1.29, 1.82) is 0 Å². The minimum Gasteiger partial charge on any atom is -0.439 e. The van der Waals surface area contributed by atoms with Crippen LogP contribution in [0.3, 0.4) is 0 Å². The quantitative estimate of drug-likeness (QED) is 0.895. The van der Waals surface area contributed by atoms with Crippen molar-refractivity contribution in [3.63, 3.8) is 0 Å². The Morgan fingerprint density at radius 2 is 1.79 bits per heavy atom. The van der Waals surface area contributed by atoms with Crippen LogP contribution in [0.4, 0.5) is 5.82 Å². The number of aryl methyl sites for hydroxylation is 1. The van der Waals surface area contributed by atoms with Crippen LogP contribution in [0.15, 0.2) is 30.3 Å². The number of hydrogen-bond acceptors (Lipinski definition) is 4. The van der Waals surface area contributed by atoms with Gasteiger partial charge >= 0.3 is 0 Å². The highest BCUT2D eigenvalue weighted by atomic mass is 16.5. The second kappa shape index (κ2) is 4.88. The summed E-state index contributed by atoms with van der Waals surface area (Å²) in [4.78, 5) is 8.27. The van der Waals surface area contributed by atoms with Crippen molar-refractivity contribution in [2.75, 3.05) is 5.73 Å². The van der Waals surface area contributed by atoms with Crippen LogP contribution in [-0.2, 0) is 5.41 Å². The van der Waals surface area contributed by atoms with Crippen LogP contribution in [0.1, 0.15) is 32.2 Å². The highest BCUT2D eigenvalue weighted by Crippen LogP contribution is 2.33. The number of nitrogens with zero attached hydrogens (tertiary/aromatic N) is 2. The van der Waals surface area contributed by atoms with Gasteiger partial charge in [0.25, 0.3) is 0 Å². The van der Waals surface area contributed by atoms with Gasteiger partial charge in [-0.25, -0.2) is 4.98 Å². The zero-order chi connectivity index (χ0) is 14.0. The number of anilines is 1. The van der Waals surface area contributed by atoms with Crippen LogP contribution < -0.4 is 10.5 Å². The Labute approximate surface area is 113 Å². The number of para-hydroxylation sites is 1. The average Bonchev–Trinajstić information content (AvgIpc) is 2.26. The number of hydrogen-bond donors (Lipinski definition) is 1. The van der Waals surface area contributed by atoms with Crippen LogP contribution in [-0.4, -0.2) is 9.97 Å². The number of benzene rings is 1. The first-order chi connectivity index (χ1) is 8.86. The summed E-state index contributed by atoms with van der Waals surface area (Å²) >= 11 is 0. The number of ether oxygens (including phenoxy) is 1. The fourth-order valence-corrected chi connectivity index (χ4v) is 1.90. The molecule has 4 nitrogen and oxygen atoms in total. The molecule has 1 heterocycles. The maximum absolute atomic E-state index is 5.87. The van der Waals surface area contributed by atoms with E-state index in [1.54, 1.807) is 13.0 Å². The summed E-state index contributed by atoms with van der Waals surface area (Å²) in [6.45, 7) is 8.23. The van der Waals surface area contributed by atoms with Crippen LogP contribution in [0.25, 0.3) is 0 Å². The molecule has 0 fully saturated rings. The maximum Gasteiger partial charge on any atom is 0.224 e. The van der Waals surface area contributed by atoms with Gasteiger partial charge in [-0.05, 0) is 18.4 Å². The summed E-state index contributed by atoms with van der Waals surface area (Å²) in [6.07, 6.45) is 0. The van der Waals surface area contributed by atoms with Gasteiger partial charge in [-0.2, -0.15) is 4.98 Å². The molecule has 2 aromatic rings. The molecule has 0 aliphatic heterocycles. The molecule has 0 saturated carbocycles. The summed E-state index contributed by atoms with van der Waals surface area (Å²) in [5, 5.41) is 0. The summed E-state index contributed by atoms with van der Waals surface area (Å²) in [5.41, 5.74) is 6.84. The zero-order valence-corrected chi connectivity index (χ0v) is 11.8. The zero-order valence-electron chi connectivity index (χ0n) is 11.8. The van der Waals surface area contributed by atoms with Crippen LogP contribution in [0, 0.1) is 6.92 Å². The predicted molar refractivity (Wildman–Crippen MR) is 76.4 cm³/mol. The minimum atomic E-state index is 0.00418. The highest BCUT2D eigenvalue weighted by Gasteiger charge is 2.19. The Bertz CT molecular complexity index is 568. The third-order valence-electron chi connectivity index (χ3n) is 2.74. The van der Waals surface area contributed by atoms with E-state index in [0.717, 1.165) is 11.3 Å². The van der Waals surface area contributed by atoms with Crippen LogP contribution in [0.5, 0.6) is 11.6 Å². The lowest BCUT2D eigenvalue weighted by molar-refractivity contribution is 0.438. The smallest absolute Gasteiger partial charge is 0.224 e. The molecule has 2 rings (SSSR count). The van der Waals surface area contributed by atoms with Crippen LogP contribution in [0.2, 0.25) is 0 Å². The highest BCUT2D eigenvalue weighted by molar-refractivity contribution is 5.42. The molecule has 1 aromatic carbocycles. The first-order valence-electron chi connectivity index (χ1n) is 6.25. The van der Waals surface area contributed by atoms with Crippen molar-refractivity contribution < 1.29 is 4.74 Å². The molecule has 19 heavy (non-hydrogen) atoms. The van der Waals surface area contributed by atoms with Crippen molar-refractivity contribution in [3.05, 3.63) is 41.7 Å². The fourth-order valence-electron chi connectivity index (χ4n) is 1.90. The summed E-state index contributed by atoms with van der Waals surface area (Å²) in [6, 6.07) is 9.59. The number of nitrogens with two attached hydrogens (primary N) is 1. The largest absolute Gasteiger partial charge is 0.439 e. The van der Waals surface area contributed by atoms with Crippen molar-refractivity contribution in [2.24, 2.45) is 0 Å². The lowest BCUT2D eigenvalue weighted by Crippen LogP contribution is -2.12. The second-order valence-corrected chi connectivity index (χ2v) is 5.53. The van der Waals surface area contributed by atoms with E-state index >= 15 is 0 Å². The second-order valence-electron chi connectivity index (χ2n) is 5.53. The molecule has 100 valence electrons. The molecular formula is C15H19N3O. The van der Waals surface area contributed by atoms with Gasteiger partial charge in [0.05, 0.1) is 0 Å². The Morgan fingerprint density at radius 1 is 1.11 bits per heavy atom. The normalized spacial score (nSPS) is 11.4. The van der Waals surface area contributed by atoms with E-state index in [9.17, 15) is 0 Å². The molecular weight excluding hydrogens is 238 g/mol. The van der Waals surface area contributed by atoms with E-state index < -0.39 is 0 Å². The molecule has 4 heteroatoms. The topological polar surface area (TPSA) is 61.0 Å². The Kier molecular flexibility index (Phi) is 3.42. The van der Waals surface area contributed by atoms with Gasteiger partial charge in [0.2, 0.25) is 5.88 Å².